The van der Waals surface area contributed by atoms with Crippen LogP contribution in [-0.2, 0) is 9.59 Å². The third-order valence-electron chi connectivity index (χ3n) is 5.05. The number of allylic oxidation sites excluding steroid dienone is 2. The number of rotatable bonds is 8. The zero-order valence-corrected chi connectivity index (χ0v) is 13.2. The average molecular weight is 292 g/mol. The van der Waals surface area contributed by atoms with Gasteiger partial charge >= 0.3 is 0 Å². The molecule has 1 saturated carbocycles. The van der Waals surface area contributed by atoms with Crippen LogP contribution in [0.1, 0.15) is 46.0 Å². The summed E-state index contributed by atoms with van der Waals surface area (Å²) < 4.78 is 0. The summed E-state index contributed by atoms with van der Waals surface area (Å²) in [6, 6.07) is 0. The van der Waals surface area contributed by atoms with Crippen LogP contribution in [-0.4, -0.2) is 18.4 Å². The fourth-order valence-electron chi connectivity index (χ4n) is 4.10. The minimum Gasteiger partial charge on any atom is -0.369 e. The first-order chi connectivity index (χ1) is 10.1. The van der Waals surface area contributed by atoms with Gasteiger partial charge in [-0.25, -0.2) is 0 Å². The minimum atomic E-state index is -0.328. The Balaban J connectivity index is 1.93. The van der Waals surface area contributed by atoms with Crippen molar-refractivity contribution in [2.75, 3.05) is 6.54 Å². The Morgan fingerprint density at radius 1 is 1.14 bits per heavy atom. The molecule has 2 amide bonds. The highest BCUT2D eigenvalue weighted by Crippen LogP contribution is 2.47. The van der Waals surface area contributed by atoms with Crippen molar-refractivity contribution >= 4 is 11.8 Å². The highest BCUT2D eigenvalue weighted by atomic mass is 16.2. The van der Waals surface area contributed by atoms with Gasteiger partial charge in [-0.05, 0) is 37.0 Å². The maximum Gasteiger partial charge on any atom is 0.224 e. The first-order valence-electron chi connectivity index (χ1n) is 8.33. The molecule has 4 heteroatoms. The van der Waals surface area contributed by atoms with E-state index >= 15 is 0 Å². The van der Waals surface area contributed by atoms with E-state index in [4.69, 9.17) is 5.73 Å². The smallest absolute Gasteiger partial charge is 0.224 e. The van der Waals surface area contributed by atoms with Crippen molar-refractivity contribution in [3.05, 3.63) is 12.2 Å². The van der Waals surface area contributed by atoms with Crippen molar-refractivity contribution in [1.29, 1.82) is 0 Å². The Morgan fingerprint density at radius 2 is 1.71 bits per heavy atom. The molecule has 2 bridgehead atoms. The van der Waals surface area contributed by atoms with E-state index in [1.807, 2.05) is 0 Å². The maximum absolute atomic E-state index is 12.5. The summed E-state index contributed by atoms with van der Waals surface area (Å²) in [6.07, 6.45) is 9.61. The summed E-state index contributed by atoms with van der Waals surface area (Å²) in [4.78, 5) is 24.2. The van der Waals surface area contributed by atoms with E-state index in [-0.39, 0.29) is 35.5 Å². The number of carbonyl (C=O) groups excluding carboxylic acids is 2. The first kappa shape index (κ1) is 16.1. The molecule has 0 aromatic carbocycles. The Bertz CT molecular complexity index is 413. The summed E-state index contributed by atoms with van der Waals surface area (Å²) in [5, 5.41) is 3.08. The van der Waals surface area contributed by atoms with E-state index in [0.717, 1.165) is 38.6 Å². The fraction of sp³-hybridized carbons (Fsp3) is 0.765. The molecule has 4 nitrogen and oxygen atoms in total. The monoisotopic (exact) mass is 292 g/mol. The zero-order chi connectivity index (χ0) is 15.4. The van der Waals surface area contributed by atoms with Crippen molar-refractivity contribution in [3.63, 3.8) is 0 Å². The first-order valence-corrected chi connectivity index (χ1v) is 8.33. The molecular formula is C17H28N2O2. The lowest BCUT2D eigenvalue weighted by atomic mass is 9.82. The van der Waals surface area contributed by atoms with Crippen molar-refractivity contribution in [2.24, 2.45) is 35.3 Å². The van der Waals surface area contributed by atoms with E-state index < -0.39 is 0 Å². The van der Waals surface area contributed by atoms with Crippen LogP contribution in [0.15, 0.2) is 12.2 Å². The van der Waals surface area contributed by atoms with E-state index in [9.17, 15) is 9.59 Å². The zero-order valence-electron chi connectivity index (χ0n) is 13.2. The quantitative estimate of drug-likeness (QED) is 0.673. The van der Waals surface area contributed by atoms with Crippen molar-refractivity contribution < 1.29 is 9.59 Å². The molecule has 0 radical (unpaired) electrons. The molecule has 21 heavy (non-hydrogen) atoms. The topological polar surface area (TPSA) is 72.2 Å². The molecule has 3 N–H and O–H groups in total. The molecule has 0 spiro atoms. The van der Waals surface area contributed by atoms with Gasteiger partial charge in [0.1, 0.15) is 0 Å². The summed E-state index contributed by atoms with van der Waals surface area (Å²) in [5.41, 5.74) is 5.51. The Kier molecular flexibility index (Phi) is 5.43. The van der Waals surface area contributed by atoms with Gasteiger partial charge < -0.3 is 11.1 Å². The number of nitrogens with one attached hydrogen (secondary N) is 1. The predicted octanol–water partition coefficient (Wildman–Crippen LogP) is 2.24. The molecule has 2 aliphatic carbocycles. The van der Waals surface area contributed by atoms with E-state index in [1.165, 1.54) is 0 Å². The fourth-order valence-corrected chi connectivity index (χ4v) is 4.10. The van der Waals surface area contributed by atoms with E-state index in [0.29, 0.717) is 5.92 Å². The molecule has 0 heterocycles. The summed E-state index contributed by atoms with van der Waals surface area (Å²) in [5.74, 6) is 0.0504. The predicted molar refractivity (Wildman–Crippen MR) is 83.2 cm³/mol. The number of carbonyl (C=O) groups is 2. The second-order valence-corrected chi connectivity index (χ2v) is 6.59. The van der Waals surface area contributed by atoms with Crippen molar-refractivity contribution in [1.82, 2.24) is 5.32 Å². The summed E-state index contributed by atoms with van der Waals surface area (Å²) >= 11 is 0. The highest BCUT2D eigenvalue weighted by Gasteiger charge is 2.50. The number of hydrogen-bond acceptors (Lipinski definition) is 2. The SMILES string of the molecule is CCCC(CCC)CNC(=O)C1C2C=CC(C2)C1C(N)=O. The maximum atomic E-state index is 12.5. The summed E-state index contributed by atoms with van der Waals surface area (Å²) in [7, 11) is 0. The standard InChI is InChI=1S/C17H28N2O2/c1-3-5-11(6-4-2)10-19-17(21)15-13-8-7-12(9-13)14(15)16(18)20/h7-8,11-15H,3-6,9-10H2,1-2H3,(H2,18,20)(H,19,21). The third-order valence-corrected chi connectivity index (χ3v) is 5.05. The van der Waals surface area contributed by atoms with Gasteiger partial charge in [-0.1, -0.05) is 38.8 Å². The number of amides is 2. The Labute approximate surface area is 127 Å². The van der Waals surface area contributed by atoms with Crippen molar-refractivity contribution in [2.45, 2.75) is 46.0 Å². The lowest BCUT2D eigenvalue weighted by Gasteiger charge is -2.25. The Morgan fingerprint density at radius 3 is 2.24 bits per heavy atom. The second-order valence-electron chi connectivity index (χ2n) is 6.59. The summed E-state index contributed by atoms with van der Waals surface area (Å²) in [6.45, 7) is 5.08. The van der Waals surface area contributed by atoms with Gasteiger partial charge in [-0.3, -0.25) is 9.59 Å². The lowest BCUT2D eigenvalue weighted by Crippen LogP contribution is -2.43. The molecule has 0 aliphatic heterocycles. The van der Waals surface area contributed by atoms with Gasteiger partial charge in [-0.2, -0.15) is 0 Å². The number of nitrogens with two attached hydrogens (primary N) is 1. The Hall–Kier alpha value is -1.32. The molecule has 0 aromatic rings. The van der Waals surface area contributed by atoms with Crippen LogP contribution < -0.4 is 11.1 Å². The third kappa shape index (κ3) is 3.47. The average Bonchev–Trinajstić information content (AvgIpc) is 3.05. The molecule has 118 valence electrons. The van der Waals surface area contributed by atoms with E-state index in [2.05, 4.69) is 31.3 Å². The molecule has 1 fully saturated rings. The van der Waals surface area contributed by atoms with Crippen LogP contribution in [0.3, 0.4) is 0 Å². The van der Waals surface area contributed by atoms with E-state index in [1.54, 1.807) is 0 Å². The number of primary amides is 1. The normalized spacial score (nSPS) is 30.0. The number of fused-ring (bicyclic) bond motifs is 2. The van der Waals surface area contributed by atoms with Gasteiger partial charge in [-0.15, -0.1) is 0 Å². The minimum absolute atomic E-state index is 0.0212. The van der Waals surface area contributed by atoms with Crippen LogP contribution >= 0.6 is 0 Å². The molecular weight excluding hydrogens is 264 g/mol. The van der Waals surface area contributed by atoms with Gasteiger partial charge in [0, 0.05) is 6.54 Å². The molecule has 2 rings (SSSR count). The highest BCUT2D eigenvalue weighted by molar-refractivity contribution is 5.89. The van der Waals surface area contributed by atoms with Crippen LogP contribution in [0.2, 0.25) is 0 Å². The van der Waals surface area contributed by atoms with Crippen molar-refractivity contribution in [3.8, 4) is 0 Å². The largest absolute Gasteiger partial charge is 0.369 e. The molecule has 4 atom stereocenters. The van der Waals surface area contributed by atoms with Crippen LogP contribution in [0.4, 0.5) is 0 Å². The molecule has 0 aromatic heterocycles. The molecule has 2 aliphatic rings. The van der Waals surface area contributed by atoms with Gasteiger partial charge in [0.25, 0.3) is 0 Å². The van der Waals surface area contributed by atoms with Crippen LogP contribution in [0, 0.1) is 29.6 Å². The van der Waals surface area contributed by atoms with Gasteiger partial charge in [0.15, 0.2) is 0 Å². The molecule has 4 unspecified atom stereocenters. The second kappa shape index (κ2) is 7.10. The van der Waals surface area contributed by atoms with Crippen LogP contribution in [0.5, 0.6) is 0 Å². The molecule has 0 saturated heterocycles. The number of hydrogen-bond donors (Lipinski definition) is 2. The van der Waals surface area contributed by atoms with Crippen LogP contribution in [0.25, 0.3) is 0 Å². The van der Waals surface area contributed by atoms with Gasteiger partial charge in [0.05, 0.1) is 11.8 Å². The van der Waals surface area contributed by atoms with Gasteiger partial charge in [0.2, 0.25) is 11.8 Å². The lowest BCUT2D eigenvalue weighted by molar-refractivity contribution is -0.133.